The Morgan fingerprint density at radius 2 is 2.00 bits per heavy atom. The average Bonchev–Trinajstić information content (AvgIpc) is 2.57. The van der Waals surface area contributed by atoms with Crippen molar-refractivity contribution < 1.29 is 9.52 Å². The molecule has 0 radical (unpaired) electrons. The lowest BCUT2D eigenvalue weighted by Gasteiger charge is -1.95. The number of phenols is 1. The third-order valence-corrected chi connectivity index (χ3v) is 3.59. The van der Waals surface area contributed by atoms with Crippen molar-refractivity contribution in [2.45, 2.75) is 0 Å². The van der Waals surface area contributed by atoms with Gasteiger partial charge in [-0.25, -0.2) is 4.99 Å². The minimum absolute atomic E-state index is 0.142. The molecule has 0 saturated heterocycles. The summed E-state index contributed by atoms with van der Waals surface area (Å²) >= 11 is 6.54. The van der Waals surface area contributed by atoms with Gasteiger partial charge in [0.25, 0.3) is 0 Å². The van der Waals surface area contributed by atoms with Crippen LogP contribution in [0.5, 0.6) is 5.75 Å². The highest BCUT2D eigenvalue weighted by Crippen LogP contribution is 2.27. The molecule has 16 heavy (non-hydrogen) atoms. The zero-order valence-corrected chi connectivity index (χ0v) is 11.2. The Morgan fingerprint density at radius 3 is 2.62 bits per heavy atom. The highest BCUT2D eigenvalue weighted by atomic mass is 79.9. The van der Waals surface area contributed by atoms with Gasteiger partial charge >= 0.3 is 0 Å². The lowest BCUT2D eigenvalue weighted by Crippen LogP contribution is -1.74. The number of halogens is 2. The number of furan rings is 1. The van der Waals surface area contributed by atoms with Crippen LogP contribution in [0.25, 0.3) is 0 Å². The minimum atomic E-state index is 0.142. The van der Waals surface area contributed by atoms with Crippen molar-refractivity contribution >= 4 is 43.8 Å². The van der Waals surface area contributed by atoms with Crippen LogP contribution < -0.4 is 0 Å². The Bertz CT molecular complexity index is 515. The van der Waals surface area contributed by atoms with E-state index in [9.17, 15) is 5.11 Å². The molecule has 0 aliphatic heterocycles. The molecular formula is C11H7Br2NO2. The second-order valence-electron chi connectivity index (χ2n) is 3.02. The van der Waals surface area contributed by atoms with Crippen molar-refractivity contribution in [1.29, 1.82) is 0 Å². The third kappa shape index (κ3) is 2.54. The van der Waals surface area contributed by atoms with Gasteiger partial charge in [-0.15, -0.1) is 0 Å². The number of phenolic OH excluding ortho intramolecular Hbond substituents is 1. The lowest BCUT2D eigenvalue weighted by molar-refractivity contribution is 0.477. The molecule has 0 unspecified atom stereocenters. The summed E-state index contributed by atoms with van der Waals surface area (Å²) in [4.78, 5) is 4.12. The molecule has 2 rings (SSSR count). The van der Waals surface area contributed by atoms with Crippen LogP contribution in [0.1, 0.15) is 5.76 Å². The van der Waals surface area contributed by atoms with Crippen LogP contribution in [-0.2, 0) is 0 Å². The number of hydrogen-bond acceptors (Lipinski definition) is 3. The van der Waals surface area contributed by atoms with Crippen LogP contribution >= 0.6 is 31.9 Å². The molecule has 0 bridgehead atoms. The number of para-hydroxylation sites is 2. The van der Waals surface area contributed by atoms with Gasteiger partial charge in [-0.1, -0.05) is 12.1 Å². The van der Waals surface area contributed by atoms with Gasteiger partial charge < -0.3 is 9.52 Å². The van der Waals surface area contributed by atoms with E-state index in [0.717, 1.165) is 4.47 Å². The third-order valence-electron chi connectivity index (χ3n) is 1.88. The monoisotopic (exact) mass is 343 g/mol. The smallest absolute Gasteiger partial charge is 0.184 e. The minimum Gasteiger partial charge on any atom is -0.506 e. The van der Waals surface area contributed by atoms with E-state index in [1.807, 2.05) is 0 Å². The average molecular weight is 345 g/mol. The molecule has 0 amide bonds. The lowest BCUT2D eigenvalue weighted by atomic mass is 10.3. The molecule has 1 N–H and O–H groups in total. The first kappa shape index (κ1) is 11.4. The SMILES string of the molecule is Oc1ccccc1N=Cc1cc(Br)c(Br)o1. The van der Waals surface area contributed by atoms with E-state index in [2.05, 4.69) is 36.9 Å². The maximum atomic E-state index is 9.49. The van der Waals surface area contributed by atoms with Crippen LogP contribution in [0.4, 0.5) is 5.69 Å². The first-order chi connectivity index (χ1) is 7.66. The van der Waals surface area contributed by atoms with Crippen molar-refractivity contribution in [3.8, 4) is 5.75 Å². The van der Waals surface area contributed by atoms with E-state index < -0.39 is 0 Å². The van der Waals surface area contributed by atoms with E-state index in [1.165, 1.54) is 0 Å². The Morgan fingerprint density at radius 1 is 1.25 bits per heavy atom. The molecule has 0 fully saturated rings. The molecular weight excluding hydrogens is 338 g/mol. The summed E-state index contributed by atoms with van der Waals surface area (Å²) in [5.74, 6) is 0.741. The molecule has 0 spiro atoms. The normalized spacial score (nSPS) is 11.1. The summed E-state index contributed by atoms with van der Waals surface area (Å²) in [6, 6.07) is 8.64. The van der Waals surface area contributed by atoms with Crippen molar-refractivity contribution in [2.24, 2.45) is 4.99 Å². The number of nitrogens with zero attached hydrogens (tertiary/aromatic N) is 1. The van der Waals surface area contributed by atoms with E-state index in [-0.39, 0.29) is 5.75 Å². The molecule has 1 aromatic carbocycles. The van der Waals surface area contributed by atoms with Crippen molar-refractivity contribution in [2.75, 3.05) is 0 Å². The summed E-state index contributed by atoms with van der Waals surface area (Å²) in [6.07, 6.45) is 1.55. The van der Waals surface area contributed by atoms with Gasteiger partial charge in [0.2, 0.25) is 0 Å². The quantitative estimate of drug-likeness (QED) is 0.827. The molecule has 5 heteroatoms. The first-order valence-electron chi connectivity index (χ1n) is 4.44. The van der Waals surface area contributed by atoms with Gasteiger partial charge in [0.15, 0.2) is 4.67 Å². The number of aromatic hydroxyl groups is 1. The fourth-order valence-electron chi connectivity index (χ4n) is 1.13. The predicted octanol–water partition coefficient (Wildman–Crippen LogP) is 4.26. The summed E-state index contributed by atoms with van der Waals surface area (Å²) < 4.78 is 6.76. The highest BCUT2D eigenvalue weighted by Gasteiger charge is 2.03. The number of rotatable bonds is 2. The fourth-order valence-corrected chi connectivity index (χ4v) is 1.74. The van der Waals surface area contributed by atoms with E-state index >= 15 is 0 Å². The van der Waals surface area contributed by atoms with Crippen LogP contribution in [0, 0.1) is 0 Å². The van der Waals surface area contributed by atoms with Crippen molar-refractivity contribution in [3.63, 3.8) is 0 Å². The summed E-state index contributed by atoms with van der Waals surface area (Å²) in [7, 11) is 0. The van der Waals surface area contributed by atoms with Gasteiger partial charge in [-0.05, 0) is 44.0 Å². The molecule has 3 nitrogen and oxygen atoms in total. The largest absolute Gasteiger partial charge is 0.506 e. The Hall–Kier alpha value is -1.07. The Labute approximate surface area is 109 Å². The zero-order valence-electron chi connectivity index (χ0n) is 8.02. The maximum absolute atomic E-state index is 9.49. The standard InChI is InChI=1S/C11H7Br2NO2/c12-8-5-7(16-11(8)13)6-14-9-3-1-2-4-10(9)15/h1-6,15H. The molecule has 2 aromatic rings. The van der Waals surface area contributed by atoms with Gasteiger partial charge in [-0.3, -0.25) is 0 Å². The van der Waals surface area contributed by atoms with Crippen LogP contribution in [0.15, 0.2) is 48.9 Å². The zero-order chi connectivity index (χ0) is 11.5. The molecule has 0 aliphatic rings. The van der Waals surface area contributed by atoms with Crippen LogP contribution in [-0.4, -0.2) is 11.3 Å². The molecule has 1 aromatic heterocycles. The Kier molecular flexibility index (Phi) is 3.46. The molecule has 1 heterocycles. The second kappa shape index (κ2) is 4.84. The first-order valence-corrected chi connectivity index (χ1v) is 6.02. The van der Waals surface area contributed by atoms with Crippen molar-refractivity contribution in [3.05, 3.63) is 45.2 Å². The van der Waals surface area contributed by atoms with E-state index in [4.69, 9.17) is 4.42 Å². The summed E-state index contributed by atoms with van der Waals surface area (Å²) in [6.45, 7) is 0. The van der Waals surface area contributed by atoms with E-state index in [1.54, 1.807) is 36.5 Å². The number of aliphatic imine (C=N–C) groups is 1. The number of hydrogen-bond donors (Lipinski definition) is 1. The van der Waals surface area contributed by atoms with Crippen molar-refractivity contribution in [1.82, 2.24) is 0 Å². The summed E-state index contributed by atoms with van der Waals surface area (Å²) in [5.41, 5.74) is 0.506. The second-order valence-corrected chi connectivity index (χ2v) is 4.59. The van der Waals surface area contributed by atoms with Crippen LogP contribution in [0.2, 0.25) is 0 Å². The van der Waals surface area contributed by atoms with Gasteiger partial charge in [0.05, 0.1) is 10.7 Å². The summed E-state index contributed by atoms with van der Waals surface area (Å²) in [5, 5.41) is 9.49. The van der Waals surface area contributed by atoms with Gasteiger partial charge in [0.1, 0.15) is 17.2 Å². The topological polar surface area (TPSA) is 45.7 Å². The molecule has 0 atom stereocenters. The molecule has 82 valence electrons. The molecule has 0 saturated carbocycles. The fraction of sp³-hybridized carbons (Fsp3) is 0. The Balaban J connectivity index is 2.25. The van der Waals surface area contributed by atoms with Gasteiger partial charge in [0, 0.05) is 6.07 Å². The van der Waals surface area contributed by atoms with E-state index in [0.29, 0.717) is 16.1 Å². The van der Waals surface area contributed by atoms with Gasteiger partial charge in [-0.2, -0.15) is 0 Å². The highest BCUT2D eigenvalue weighted by molar-refractivity contribution is 9.13. The number of benzene rings is 1. The van der Waals surface area contributed by atoms with Crippen LogP contribution in [0.3, 0.4) is 0 Å². The maximum Gasteiger partial charge on any atom is 0.184 e. The molecule has 0 aliphatic carbocycles. The predicted molar refractivity (Wildman–Crippen MR) is 69.5 cm³/mol.